The summed E-state index contributed by atoms with van der Waals surface area (Å²) in [5.41, 5.74) is 4.95. The first kappa shape index (κ1) is 41.2. The molecule has 1 unspecified atom stereocenters. The van der Waals surface area contributed by atoms with Gasteiger partial charge in [0.25, 0.3) is 0 Å². The van der Waals surface area contributed by atoms with Gasteiger partial charge in [0.1, 0.15) is 23.7 Å². The molecular weight excluding hydrogens is 775 g/mol. The molecule has 3 fully saturated rings. The highest BCUT2D eigenvalue weighted by molar-refractivity contribution is 5.89. The van der Waals surface area contributed by atoms with Gasteiger partial charge in [0.15, 0.2) is 0 Å². The number of aromatic amines is 1. The van der Waals surface area contributed by atoms with Gasteiger partial charge in [0.2, 0.25) is 11.8 Å². The van der Waals surface area contributed by atoms with Crippen LogP contribution >= 0.6 is 0 Å². The number of imidazole rings is 2. The van der Waals surface area contributed by atoms with Crippen LogP contribution in [-0.2, 0) is 19.1 Å². The van der Waals surface area contributed by atoms with E-state index in [1.807, 2.05) is 75.1 Å². The number of rotatable bonds is 9. The average Bonchev–Trinajstić information content (AvgIpc) is 4.11. The van der Waals surface area contributed by atoms with Gasteiger partial charge in [-0.3, -0.25) is 9.59 Å². The highest BCUT2D eigenvalue weighted by Crippen LogP contribution is 2.50. The molecule has 4 amide bonds. The van der Waals surface area contributed by atoms with Crippen molar-refractivity contribution in [3.63, 3.8) is 0 Å². The van der Waals surface area contributed by atoms with Gasteiger partial charge in [-0.2, -0.15) is 0 Å². The number of nitrogen functional groups attached to an aromatic ring is 1. The number of nitrogens with zero attached hydrogens (tertiary/aromatic N) is 5. The van der Waals surface area contributed by atoms with E-state index in [-0.39, 0.29) is 41.8 Å². The number of hydrogen-bond acceptors (Lipinski definition) is 9. The number of alkyl carbamates (subject to hydrolysis) is 2. The second-order valence-corrected chi connectivity index (χ2v) is 17.1. The number of carbonyl (C=O) groups is 4. The first-order valence-electron chi connectivity index (χ1n) is 21.0. The van der Waals surface area contributed by atoms with Crippen LogP contribution in [0.25, 0.3) is 33.1 Å². The van der Waals surface area contributed by atoms with Crippen molar-refractivity contribution >= 4 is 45.8 Å². The molecule has 15 nitrogen and oxygen atoms in total. The third kappa shape index (κ3) is 7.94. The fourth-order valence-corrected chi connectivity index (χ4v) is 9.40. The summed E-state index contributed by atoms with van der Waals surface area (Å²) in [6, 6.07) is 16.3. The van der Waals surface area contributed by atoms with Crippen molar-refractivity contribution < 1.29 is 28.7 Å². The summed E-state index contributed by atoms with van der Waals surface area (Å²) in [4.78, 5) is 68.7. The summed E-state index contributed by atoms with van der Waals surface area (Å²) in [7, 11) is 2.58. The predicted octanol–water partition coefficient (Wildman–Crippen LogP) is 6.17. The van der Waals surface area contributed by atoms with Crippen LogP contribution in [0.4, 0.5) is 9.59 Å². The molecule has 6 atom stereocenters. The first-order valence-corrected chi connectivity index (χ1v) is 21.0. The molecule has 5 N–H and O–H groups in total. The lowest BCUT2D eigenvalue weighted by atomic mass is 9.95. The number of ether oxygens (including phenoxy) is 2. The quantitative estimate of drug-likeness (QED) is 0.0995. The number of amides is 4. The van der Waals surface area contributed by atoms with E-state index in [0.717, 1.165) is 75.7 Å². The van der Waals surface area contributed by atoms with Crippen molar-refractivity contribution in [2.45, 2.75) is 90.0 Å². The van der Waals surface area contributed by atoms with Crippen LogP contribution in [0.2, 0.25) is 0 Å². The molecule has 2 saturated heterocycles. The summed E-state index contributed by atoms with van der Waals surface area (Å²) in [5, 5.41) is 7.47. The number of hydrogen-bond donors (Lipinski definition) is 4. The largest absolute Gasteiger partial charge is 0.453 e. The van der Waals surface area contributed by atoms with Crippen molar-refractivity contribution in [1.82, 2.24) is 40.1 Å². The number of nitrogens with one attached hydrogen (secondary N) is 3. The Balaban J connectivity index is 0.981. The van der Waals surface area contributed by atoms with E-state index < -0.39 is 24.3 Å². The molecule has 2 aromatic heterocycles. The third-order valence-electron chi connectivity index (χ3n) is 12.5. The monoisotopic (exact) mass is 827 g/mol. The SMILES string of the molecule is COC(=O)N[C@H](C(=O)N1CCC[C@H]1c1ncc(-c2ccc3cc(C#Cc4ccc5nc(C6[C@H]7CC[C@H](C7)N6C(=O)[C@@H](NC(=O)OC)C(C)C)[nH]c5c4)ccc3c2)n1N)C(C)C. The van der Waals surface area contributed by atoms with Gasteiger partial charge in [0, 0.05) is 29.3 Å². The summed E-state index contributed by atoms with van der Waals surface area (Å²) in [6.45, 7) is 8.15. The van der Waals surface area contributed by atoms with E-state index in [1.165, 1.54) is 14.2 Å². The minimum Gasteiger partial charge on any atom is -0.453 e. The van der Waals surface area contributed by atoms with Gasteiger partial charge in [-0.05, 0) is 97.0 Å². The van der Waals surface area contributed by atoms with Crippen molar-refractivity contribution in [1.29, 1.82) is 0 Å². The Morgan fingerprint density at radius 3 is 2.20 bits per heavy atom. The number of nitrogens with two attached hydrogens (primary N) is 1. The Bertz CT molecular complexity index is 2570. The smallest absolute Gasteiger partial charge is 0.407 e. The minimum absolute atomic E-state index is 0.106. The number of carbonyl (C=O) groups excluding carboxylic acids is 4. The average molecular weight is 828 g/mol. The number of methoxy groups -OCH3 is 2. The number of H-pyrrole nitrogens is 1. The molecule has 0 spiro atoms. The molecule has 318 valence electrons. The number of piperidine rings is 1. The van der Waals surface area contributed by atoms with Crippen LogP contribution in [0, 0.1) is 29.6 Å². The van der Waals surface area contributed by atoms with Gasteiger partial charge in [-0.15, -0.1) is 0 Å². The van der Waals surface area contributed by atoms with E-state index >= 15 is 0 Å². The third-order valence-corrected chi connectivity index (χ3v) is 12.5. The molecule has 1 aliphatic carbocycles. The van der Waals surface area contributed by atoms with E-state index in [2.05, 4.69) is 39.6 Å². The summed E-state index contributed by atoms with van der Waals surface area (Å²) < 4.78 is 11.2. The Labute approximate surface area is 354 Å². The zero-order valence-corrected chi connectivity index (χ0v) is 35.4. The van der Waals surface area contributed by atoms with Crippen LogP contribution in [0.3, 0.4) is 0 Å². The summed E-state index contributed by atoms with van der Waals surface area (Å²) in [5.74, 6) is 14.4. The molecule has 15 heteroatoms. The summed E-state index contributed by atoms with van der Waals surface area (Å²) in [6.07, 6.45) is 4.86. The maximum Gasteiger partial charge on any atom is 0.407 e. The van der Waals surface area contributed by atoms with Crippen molar-refractivity contribution in [2.24, 2.45) is 17.8 Å². The molecule has 5 aromatic rings. The van der Waals surface area contributed by atoms with E-state index in [4.69, 9.17) is 25.3 Å². The maximum absolute atomic E-state index is 14.0. The van der Waals surface area contributed by atoms with E-state index in [0.29, 0.717) is 24.7 Å². The Hall–Kier alpha value is -6.56. The highest BCUT2D eigenvalue weighted by atomic mass is 16.5. The molecular formula is C46H53N9O6. The zero-order chi connectivity index (χ0) is 43.1. The fourth-order valence-electron chi connectivity index (χ4n) is 9.40. The van der Waals surface area contributed by atoms with Gasteiger partial charge < -0.3 is 40.7 Å². The Morgan fingerprint density at radius 1 is 0.836 bits per heavy atom. The molecule has 8 rings (SSSR count). The van der Waals surface area contributed by atoms with Crippen molar-refractivity contribution in [3.8, 4) is 23.1 Å². The molecule has 3 aromatic carbocycles. The molecule has 61 heavy (non-hydrogen) atoms. The van der Waals surface area contributed by atoms with Gasteiger partial charge in [0.05, 0.1) is 49.2 Å². The molecule has 1 saturated carbocycles. The molecule has 3 aliphatic rings. The fraction of sp³-hybridized carbons (Fsp3) is 0.435. The second-order valence-electron chi connectivity index (χ2n) is 17.1. The van der Waals surface area contributed by atoms with E-state index in [1.54, 1.807) is 15.8 Å². The normalized spacial score (nSPS) is 20.5. The first-order chi connectivity index (χ1) is 29.3. The topological polar surface area (TPSA) is 190 Å². The summed E-state index contributed by atoms with van der Waals surface area (Å²) >= 11 is 0. The highest BCUT2D eigenvalue weighted by Gasteiger charge is 2.51. The second kappa shape index (κ2) is 16.8. The maximum atomic E-state index is 14.0. The molecule has 2 bridgehead atoms. The number of likely N-dealkylation sites (tertiary alicyclic amines) is 2. The molecule has 2 aliphatic heterocycles. The Morgan fingerprint density at radius 2 is 1.49 bits per heavy atom. The minimum atomic E-state index is -0.733. The van der Waals surface area contributed by atoms with Crippen LogP contribution < -0.4 is 16.5 Å². The van der Waals surface area contributed by atoms with Crippen LogP contribution in [0.15, 0.2) is 60.8 Å². The predicted molar refractivity (Wildman–Crippen MR) is 230 cm³/mol. The molecule has 0 radical (unpaired) electrons. The lowest BCUT2D eigenvalue weighted by Crippen LogP contribution is -2.54. The standard InChI is InChI=1S/C46H53N9O6/c1-25(2)38(51-45(58)60-5)43(56)53-19-7-8-36(53)42-48-24-37(55(42)47)31-15-14-29-20-27(11-13-30(29)22-31)9-10-28-12-18-34-35(21-28)50-41(49-34)40-32-16-17-33(23-32)54(40)44(57)39(26(3)4)52-46(59)61-6/h11-15,18,20-22,24-26,32-33,36,38-40H,7-8,16-17,19,23,47H2,1-6H3,(H,49,50)(H,51,58)(H,52,59)/t32-,33+,36-,38-,39-,40?/m0/s1. The van der Waals surface area contributed by atoms with Gasteiger partial charge >= 0.3 is 12.2 Å². The van der Waals surface area contributed by atoms with Crippen LogP contribution in [0.1, 0.15) is 94.7 Å². The van der Waals surface area contributed by atoms with Crippen molar-refractivity contribution in [3.05, 3.63) is 83.6 Å². The van der Waals surface area contributed by atoms with Gasteiger partial charge in [-0.1, -0.05) is 57.7 Å². The number of aromatic nitrogens is 4. The van der Waals surface area contributed by atoms with Crippen molar-refractivity contribution in [2.75, 3.05) is 26.6 Å². The Kier molecular flexibility index (Phi) is 11.4. The lowest BCUT2D eigenvalue weighted by Gasteiger charge is -2.37. The van der Waals surface area contributed by atoms with E-state index in [9.17, 15) is 19.2 Å². The van der Waals surface area contributed by atoms with Crippen LogP contribution in [-0.4, -0.2) is 92.3 Å². The number of benzene rings is 3. The van der Waals surface area contributed by atoms with Crippen LogP contribution in [0.5, 0.6) is 0 Å². The van der Waals surface area contributed by atoms with Gasteiger partial charge in [-0.25, -0.2) is 24.2 Å². The molecule has 4 heterocycles. The lowest BCUT2D eigenvalue weighted by molar-refractivity contribution is -0.139. The number of fused-ring (bicyclic) bond motifs is 4. The zero-order valence-electron chi connectivity index (χ0n) is 35.4.